The molecule has 1 N–H and O–H groups in total. The van der Waals surface area contributed by atoms with Crippen LogP contribution < -0.4 is 5.32 Å². The molecule has 0 spiro atoms. The van der Waals surface area contributed by atoms with Gasteiger partial charge in [0, 0.05) is 17.1 Å². The molecule has 1 nitrogen and oxygen atoms in total. The van der Waals surface area contributed by atoms with Crippen molar-refractivity contribution in [3.63, 3.8) is 0 Å². The summed E-state index contributed by atoms with van der Waals surface area (Å²) in [5.41, 5.74) is 0. The zero-order valence-electron chi connectivity index (χ0n) is 3.52. The molecule has 0 rings (SSSR count). The van der Waals surface area contributed by atoms with Crippen molar-refractivity contribution in [2.24, 2.45) is 0 Å². The van der Waals surface area contributed by atoms with Crippen LogP contribution in [0.1, 0.15) is 0 Å². The third kappa shape index (κ3) is 10.7. The zero-order valence-corrected chi connectivity index (χ0v) is 6.41. The fourth-order valence-corrected chi connectivity index (χ4v) is 0.262. The monoisotopic (exact) mass is 174 g/mol. The molecule has 0 aliphatic heterocycles. The summed E-state index contributed by atoms with van der Waals surface area (Å²) in [6.45, 7) is 3.35. The van der Waals surface area contributed by atoms with E-state index in [-0.39, 0.29) is 17.1 Å². The van der Waals surface area contributed by atoms with E-state index in [4.69, 9.17) is 0 Å². The van der Waals surface area contributed by atoms with Gasteiger partial charge in [-0.25, -0.2) is 0 Å². The number of thiol groups is 1. The number of hydrogen-bond acceptors (Lipinski definition) is 1. The maximum atomic E-state index is 4.48. The Hall–Kier alpha value is 0.499. The van der Waals surface area contributed by atoms with Gasteiger partial charge in [0.25, 0.3) is 0 Å². The van der Waals surface area contributed by atoms with Crippen LogP contribution in [0.15, 0.2) is 12.8 Å². The van der Waals surface area contributed by atoms with Crippen LogP contribution in [-0.4, -0.2) is 4.32 Å². The SMILES string of the molecule is C=CNC(=S)S.[Mn]. The van der Waals surface area contributed by atoms with Crippen LogP contribution in [0.4, 0.5) is 0 Å². The van der Waals surface area contributed by atoms with Crippen LogP contribution in [-0.2, 0) is 17.1 Å². The van der Waals surface area contributed by atoms with E-state index < -0.39 is 0 Å². The summed E-state index contributed by atoms with van der Waals surface area (Å²) in [4.78, 5) is 0. The Bertz CT molecular complexity index is 73.3. The van der Waals surface area contributed by atoms with Gasteiger partial charge in [0.15, 0.2) is 0 Å². The summed E-state index contributed by atoms with van der Waals surface area (Å²) < 4.78 is 0.449. The number of hydrogen-bond donors (Lipinski definition) is 2. The summed E-state index contributed by atoms with van der Waals surface area (Å²) in [6, 6.07) is 0. The average Bonchev–Trinajstić information content (AvgIpc) is 1.35. The first-order valence-electron chi connectivity index (χ1n) is 1.37. The first-order valence-corrected chi connectivity index (χ1v) is 2.23. The van der Waals surface area contributed by atoms with Crippen LogP contribution >= 0.6 is 24.8 Å². The Morgan fingerprint density at radius 2 is 2.29 bits per heavy atom. The van der Waals surface area contributed by atoms with Gasteiger partial charge in [-0.1, -0.05) is 18.8 Å². The molecule has 0 heterocycles. The molecule has 41 valence electrons. The maximum absolute atomic E-state index is 4.48. The fourth-order valence-electron chi connectivity index (χ4n) is 0.0873. The van der Waals surface area contributed by atoms with Crippen LogP contribution in [0.25, 0.3) is 0 Å². The second-order valence-electron chi connectivity index (χ2n) is 0.654. The standard InChI is InChI=1S/C3H5NS2.Mn/c1-2-4-3(5)6;/h2H,1H2,(H2,4,5,6);. The van der Waals surface area contributed by atoms with E-state index >= 15 is 0 Å². The van der Waals surface area contributed by atoms with Crippen molar-refractivity contribution in [1.29, 1.82) is 0 Å². The topological polar surface area (TPSA) is 12.0 Å². The molecule has 1 radical (unpaired) electrons. The quantitative estimate of drug-likeness (QED) is 0.348. The van der Waals surface area contributed by atoms with Crippen molar-refractivity contribution < 1.29 is 17.1 Å². The number of rotatable bonds is 1. The largest absolute Gasteiger partial charge is 0.348 e. The minimum atomic E-state index is 0. The van der Waals surface area contributed by atoms with Gasteiger partial charge in [-0.2, -0.15) is 0 Å². The predicted octanol–water partition coefficient (Wildman–Crippen LogP) is 0.932. The fraction of sp³-hybridized carbons (Fsp3) is 0. The second-order valence-corrected chi connectivity index (χ2v) is 1.81. The molecule has 0 aliphatic carbocycles. The van der Waals surface area contributed by atoms with Crippen molar-refractivity contribution in [3.8, 4) is 0 Å². The summed E-state index contributed by atoms with van der Waals surface area (Å²) in [6.07, 6.45) is 1.48. The van der Waals surface area contributed by atoms with Gasteiger partial charge >= 0.3 is 0 Å². The van der Waals surface area contributed by atoms with Gasteiger partial charge in [-0.3, -0.25) is 0 Å². The minimum Gasteiger partial charge on any atom is -0.348 e. The minimum absolute atomic E-state index is 0. The van der Waals surface area contributed by atoms with E-state index in [9.17, 15) is 0 Å². The van der Waals surface area contributed by atoms with E-state index in [1.54, 1.807) is 0 Å². The summed E-state index contributed by atoms with van der Waals surface area (Å²) in [5, 5.41) is 2.57. The van der Waals surface area contributed by atoms with E-state index in [2.05, 4.69) is 36.7 Å². The van der Waals surface area contributed by atoms with Crippen LogP contribution in [0.5, 0.6) is 0 Å². The molecule has 0 aromatic carbocycles. The van der Waals surface area contributed by atoms with E-state index in [0.717, 1.165) is 0 Å². The number of thiocarbonyl (C=S) groups is 1. The van der Waals surface area contributed by atoms with Crippen molar-refractivity contribution >= 4 is 29.2 Å². The molecule has 0 fully saturated rings. The molecule has 0 aromatic rings. The normalized spacial score (nSPS) is 5.86. The summed E-state index contributed by atoms with van der Waals surface area (Å²) >= 11 is 8.20. The van der Waals surface area contributed by atoms with E-state index in [1.165, 1.54) is 6.20 Å². The van der Waals surface area contributed by atoms with Gasteiger partial charge in [0.05, 0.1) is 0 Å². The van der Waals surface area contributed by atoms with E-state index in [1.807, 2.05) is 0 Å². The first kappa shape index (κ1) is 10.5. The van der Waals surface area contributed by atoms with Gasteiger partial charge in [-0.15, -0.1) is 12.6 Å². The Labute approximate surface area is 64.4 Å². The third-order valence-electron chi connectivity index (χ3n) is 0.226. The van der Waals surface area contributed by atoms with Crippen molar-refractivity contribution in [2.75, 3.05) is 0 Å². The Morgan fingerprint density at radius 1 is 1.86 bits per heavy atom. The van der Waals surface area contributed by atoms with Gasteiger partial charge in [0.2, 0.25) is 0 Å². The predicted molar refractivity (Wildman–Crippen MR) is 34.9 cm³/mol. The molecule has 0 atom stereocenters. The molecule has 0 bridgehead atoms. The Kier molecular flexibility index (Phi) is 9.73. The first-order chi connectivity index (χ1) is 2.77. The molecule has 0 saturated carbocycles. The molecule has 0 saturated heterocycles. The van der Waals surface area contributed by atoms with Crippen LogP contribution in [0.2, 0.25) is 0 Å². The smallest absolute Gasteiger partial charge is 0.134 e. The van der Waals surface area contributed by atoms with Crippen molar-refractivity contribution in [1.82, 2.24) is 5.32 Å². The van der Waals surface area contributed by atoms with Gasteiger partial charge < -0.3 is 5.32 Å². The molecule has 0 aliphatic rings. The average molecular weight is 174 g/mol. The summed E-state index contributed by atoms with van der Waals surface area (Å²) in [5.74, 6) is 0. The molecular formula is C3H5MnNS2. The van der Waals surface area contributed by atoms with Gasteiger partial charge in [-0.05, 0) is 6.20 Å². The zero-order chi connectivity index (χ0) is 4.99. The van der Waals surface area contributed by atoms with Crippen molar-refractivity contribution in [2.45, 2.75) is 0 Å². The third-order valence-corrected chi connectivity index (χ3v) is 0.472. The molecular weight excluding hydrogens is 169 g/mol. The Morgan fingerprint density at radius 3 is 2.29 bits per heavy atom. The maximum Gasteiger partial charge on any atom is 0.134 e. The molecule has 0 aromatic heterocycles. The number of nitrogens with one attached hydrogen (secondary N) is 1. The van der Waals surface area contributed by atoms with Crippen LogP contribution in [0.3, 0.4) is 0 Å². The van der Waals surface area contributed by atoms with Gasteiger partial charge in [0.1, 0.15) is 4.32 Å². The second kappa shape index (κ2) is 6.50. The molecule has 7 heavy (non-hydrogen) atoms. The van der Waals surface area contributed by atoms with E-state index in [0.29, 0.717) is 4.32 Å². The summed E-state index contributed by atoms with van der Waals surface area (Å²) in [7, 11) is 0. The molecule has 4 heteroatoms. The van der Waals surface area contributed by atoms with Crippen molar-refractivity contribution in [3.05, 3.63) is 12.8 Å². The Balaban J connectivity index is 0. The van der Waals surface area contributed by atoms with Crippen LogP contribution in [0, 0.1) is 0 Å². The molecule has 0 amide bonds. The molecule has 0 unspecified atom stereocenters.